The van der Waals surface area contributed by atoms with Gasteiger partial charge in [0.2, 0.25) is 17.6 Å². The van der Waals surface area contributed by atoms with Gasteiger partial charge in [-0.05, 0) is 37.8 Å². The van der Waals surface area contributed by atoms with Crippen molar-refractivity contribution in [3.8, 4) is 11.4 Å². The number of carbonyl (C=O) groups is 3. The molecule has 1 saturated carbocycles. The van der Waals surface area contributed by atoms with Crippen molar-refractivity contribution in [3.63, 3.8) is 0 Å². The lowest BCUT2D eigenvalue weighted by molar-refractivity contribution is -0.116. The zero-order chi connectivity index (χ0) is 23.4. The first kappa shape index (κ1) is 22.6. The lowest BCUT2D eigenvalue weighted by atomic mass is 10.1. The largest absolute Gasteiger partial charge is 0.461 e. The Morgan fingerprint density at radius 2 is 2.03 bits per heavy atom. The van der Waals surface area contributed by atoms with E-state index in [2.05, 4.69) is 25.8 Å². The van der Waals surface area contributed by atoms with Gasteiger partial charge in [0.25, 0.3) is 5.91 Å². The summed E-state index contributed by atoms with van der Waals surface area (Å²) in [6.07, 6.45) is 2.24. The Bertz CT molecular complexity index is 1180. The molecule has 2 aromatic heterocycles. The first-order valence-electron chi connectivity index (χ1n) is 10.5. The molecule has 172 valence electrons. The molecule has 2 heterocycles. The van der Waals surface area contributed by atoms with Crippen molar-refractivity contribution in [1.82, 2.24) is 20.4 Å². The quantitative estimate of drug-likeness (QED) is 0.456. The number of hydrogen-bond donors (Lipinski definition) is 2. The number of carbonyl (C=O) groups excluding carboxylic acids is 3. The van der Waals surface area contributed by atoms with Crippen molar-refractivity contribution in [2.45, 2.75) is 33.1 Å². The monoisotopic (exact) mass is 469 g/mol. The molecule has 0 saturated heterocycles. The SMILES string of the molecule is Cc1nc(-c2cccc(C(=O)NCCC(=O)Nc3nc(C)c(C(=O)OCC4CC4)s3)c2)no1. The number of benzene rings is 1. The number of nitrogens with zero attached hydrogens (tertiary/aromatic N) is 3. The van der Waals surface area contributed by atoms with E-state index in [1.807, 2.05) is 0 Å². The van der Waals surface area contributed by atoms with Gasteiger partial charge in [0.15, 0.2) is 5.13 Å². The lowest BCUT2D eigenvalue weighted by Crippen LogP contribution is -2.27. The summed E-state index contributed by atoms with van der Waals surface area (Å²) in [4.78, 5) is 45.6. The second-order valence-corrected chi connectivity index (χ2v) is 8.75. The van der Waals surface area contributed by atoms with Crippen molar-refractivity contribution < 1.29 is 23.6 Å². The third-order valence-electron chi connectivity index (χ3n) is 4.92. The summed E-state index contributed by atoms with van der Waals surface area (Å²) in [7, 11) is 0. The van der Waals surface area contributed by atoms with Crippen LogP contribution in [0.2, 0.25) is 0 Å². The molecule has 0 aliphatic heterocycles. The summed E-state index contributed by atoms with van der Waals surface area (Å²) in [5, 5.41) is 9.55. The predicted molar refractivity (Wildman–Crippen MR) is 120 cm³/mol. The molecular weight excluding hydrogens is 446 g/mol. The number of rotatable bonds is 9. The maximum atomic E-state index is 12.4. The van der Waals surface area contributed by atoms with E-state index in [1.165, 1.54) is 0 Å². The Hall–Kier alpha value is -3.60. The van der Waals surface area contributed by atoms with Crippen LogP contribution >= 0.6 is 11.3 Å². The molecule has 3 aromatic rings. The molecule has 1 aliphatic rings. The highest BCUT2D eigenvalue weighted by Crippen LogP contribution is 2.30. The number of thiazole rings is 1. The van der Waals surface area contributed by atoms with Gasteiger partial charge in [-0.1, -0.05) is 28.6 Å². The smallest absolute Gasteiger partial charge is 0.350 e. The number of esters is 1. The van der Waals surface area contributed by atoms with Crippen LogP contribution in [0.4, 0.5) is 5.13 Å². The van der Waals surface area contributed by atoms with Gasteiger partial charge in [-0.25, -0.2) is 9.78 Å². The Morgan fingerprint density at radius 1 is 1.21 bits per heavy atom. The van der Waals surface area contributed by atoms with Crippen LogP contribution in [0.3, 0.4) is 0 Å². The topological polar surface area (TPSA) is 136 Å². The van der Waals surface area contributed by atoms with Crippen LogP contribution in [-0.4, -0.2) is 46.1 Å². The number of amides is 2. The average molecular weight is 470 g/mol. The van der Waals surface area contributed by atoms with Crippen LogP contribution in [0.1, 0.15) is 50.9 Å². The molecule has 0 atom stereocenters. The van der Waals surface area contributed by atoms with Crippen molar-refractivity contribution in [2.75, 3.05) is 18.5 Å². The molecule has 2 amide bonds. The van der Waals surface area contributed by atoms with Crippen molar-refractivity contribution in [2.24, 2.45) is 5.92 Å². The molecule has 10 nitrogen and oxygen atoms in total. The van der Waals surface area contributed by atoms with Crippen LogP contribution in [0.5, 0.6) is 0 Å². The Balaban J connectivity index is 1.25. The predicted octanol–water partition coefficient (Wildman–Crippen LogP) is 3.14. The van der Waals surface area contributed by atoms with Crippen molar-refractivity contribution in [3.05, 3.63) is 46.3 Å². The van der Waals surface area contributed by atoms with E-state index in [9.17, 15) is 14.4 Å². The van der Waals surface area contributed by atoms with Crippen LogP contribution in [0.25, 0.3) is 11.4 Å². The van der Waals surface area contributed by atoms with Gasteiger partial charge in [-0.15, -0.1) is 0 Å². The summed E-state index contributed by atoms with van der Waals surface area (Å²) >= 11 is 1.08. The van der Waals surface area contributed by atoms with Gasteiger partial charge in [-0.2, -0.15) is 4.98 Å². The van der Waals surface area contributed by atoms with Crippen LogP contribution < -0.4 is 10.6 Å². The fourth-order valence-electron chi connectivity index (χ4n) is 2.97. The third kappa shape index (κ3) is 6.01. The number of anilines is 1. The molecule has 1 aromatic carbocycles. The normalized spacial score (nSPS) is 12.9. The Kier molecular flexibility index (Phi) is 6.78. The molecule has 11 heteroatoms. The van der Waals surface area contributed by atoms with E-state index in [4.69, 9.17) is 9.26 Å². The molecule has 2 N–H and O–H groups in total. The van der Waals surface area contributed by atoms with E-state index in [0.29, 0.717) is 51.1 Å². The molecule has 33 heavy (non-hydrogen) atoms. The standard InChI is InChI=1S/C22H23N5O5S/c1-12-18(21(30)31-11-14-6-7-14)33-22(24-12)26-17(28)8-9-23-20(29)16-5-3-4-15(10-16)19-25-13(2)32-27-19/h3-5,10,14H,6-9,11H2,1-2H3,(H,23,29)(H,24,26,28). The molecule has 0 radical (unpaired) electrons. The fourth-order valence-corrected chi connectivity index (χ4v) is 3.85. The number of ether oxygens (including phenoxy) is 1. The minimum atomic E-state index is -0.414. The fraction of sp³-hybridized carbons (Fsp3) is 0.364. The van der Waals surface area contributed by atoms with Crippen LogP contribution in [0, 0.1) is 19.8 Å². The molecule has 0 spiro atoms. The van der Waals surface area contributed by atoms with Gasteiger partial charge < -0.3 is 19.9 Å². The molecule has 1 fully saturated rings. The zero-order valence-corrected chi connectivity index (χ0v) is 19.0. The second-order valence-electron chi connectivity index (χ2n) is 7.75. The van der Waals surface area contributed by atoms with Gasteiger partial charge in [-0.3, -0.25) is 9.59 Å². The number of nitrogens with one attached hydrogen (secondary N) is 2. The summed E-state index contributed by atoms with van der Waals surface area (Å²) in [6, 6.07) is 6.82. The van der Waals surface area contributed by atoms with Gasteiger partial charge in [0.1, 0.15) is 4.88 Å². The number of aromatic nitrogens is 3. The molecule has 0 bridgehead atoms. The third-order valence-corrected chi connectivity index (χ3v) is 5.98. The minimum Gasteiger partial charge on any atom is -0.461 e. The summed E-state index contributed by atoms with van der Waals surface area (Å²) in [5.41, 5.74) is 1.59. The first-order valence-corrected chi connectivity index (χ1v) is 11.3. The summed E-state index contributed by atoms with van der Waals surface area (Å²) in [6.45, 7) is 3.95. The van der Waals surface area contributed by atoms with E-state index in [-0.39, 0.29) is 24.8 Å². The maximum absolute atomic E-state index is 12.4. The molecule has 4 rings (SSSR count). The Morgan fingerprint density at radius 3 is 2.76 bits per heavy atom. The Labute approximate surface area is 193 Å². The van der Waals surface area contributed by atoms with Crippen LogP contribution in [-0.2, 0) is 9.53 Å². The number of hydrogen-bond acceptors (Lipinski definition) is 9. The molecular formula is C22H23N5O5S. The second kappa shape index (κ2) is 9.90. The van der Waals surface area contributed by atoms with Gasteiger partial charge >= 0.3 is 5.97 Å². The van der Waals surface area contributed by atoms with Gasteiger partial charge in [0.05, 0.1) is 12.3 Å². The minimum absolute atomic E-state index is 0.0511. The first-order chi connectivity index (χ1) is 15.9. The average Bonchev–Trinajstić information content (AvgIpc) is 3.42. The highest BCUT2D eigenvalue weighted by Gasteiger charge is 2.25. The molecule has 0 unspecified atom stereocenters. The van der Waals surface area contributed by atoms with E-state index in [1.54, 1.807) is 38.1 Å². The molecule has 1 aliphatic carbocycles. The zero-order valence-electron chi connectivity index (χ0n) is 18.2. The lowest BCUT2D eigenvalue weighted by Gasteiger charge is -2.06. The maximum Gasteiger partial charge on any atom is 0.350 e. The van der Waals surface area contributed by atoms with Crippen LogP contribution in [0.15, 0.2) is 28.8 Å². The van der Waals surface area contributed by atoms with Crippen molar-refractivity contribution in [1.29, 1.82) is 0 Å². The summed E-state index contributed by atoms with van der Waals surface area (Å²) < 4.78 is 10.2. The highest BCUT2D eigenvalue weighted by atomic mass is 32.1. The van der Waals surface area contributed by atoms with Crippen molar-refractivity contribution >= 4 is 34.3 Å². The highest BCUT2D eigenvalue weighted by molar-refractivity contribution is 7.17. The number of aryl methyl sites for hydroxylation is 2. The van der Waals surface area contributed by atoms with E-state index < -0.39 is 5.97 Å². The summed E-state index contributed by atoms with van der Waals surface area (Å²) in [5.74, 6) is 0.248. The van der Waals surface area contributed by atoms with E-state index in [0.717, 1.165) is 24.2 Å². The van der Waals surface area contributed by atoms with E-state index >= 15 is 0 Å². The van der Waals surface area contributed by atoms with Gasteiger partial charge in [0, 0.05) is 31.0 Å².